The maximum absolute atomic E-state index is 14.6. The highest BCUT2D eigenvalue weighted by atomic mass is 19.2. The van der Waals surface area contributed by atoms with Crippen LogP contribution in [0.4, 0.5) is 17.6 Å². The Hall–Kier alpha value is -3.84. The predicted octanol–water partition coefficient (Wildman–Crippen LogP) is 7.58. The first-order chi connectivity index (χ1) is 15.5. The normalized spacial score (nSPS) is 10.6. The molecule has 4 heteroatoms. The third-order valence-electron chi connectivity index (χ3n) is 5.21. The van der Waals surface area contributed by atoms with Gasteiger partial charge in [0, 0.05) is 10.9 Å². The third-order valence-corrected chi connectivity index (χ3v) is 5.21. The fourth-order valence-corrected chi connectivity index (χ4v) is 3.45. The second kappa shape index (κ2) is 9.11. The van der Waals surface area contributed by atoms with Crippen LogP contribution in [0.3, 0.4) is 0 Å². The summed E-state index contributed by atoms with van der Waals surface area (Å²) >= 11 is 0. The molecule has 0 aliphatic rings. The summed E-state index contributed by atoms with van der Waals surface area (Å²) in [5.41, 5.74) is 3.46. The number of hydrogen-bond donors (Lipinski definition) is 0. The van der Waals surface area contributed by atoms with Crippen LogP contribution < -0.4 is 0 Å². The molecule has 0 N–H and O–H groups in total. The Kier molecular flexibility index (Phi) is 6.09. The van der Waals surface area contributed by atoms with E-state index >= 15 is 0 Å². The number of allylic oxidation sites excluding steroid dienone is 1. The molecule has 4 aromatic rings. The van der Waals surface area contributed by atoms with Gasteiger partial charge in [-0.05, 0) is 65.3 Å². The van der Waals surface area contributed by atoms with Gasteiger partial charge in [0.05, 0.1) is 5.56 Å². The topological polar surface area (TPSA) is 0 Å². The average molecular weight is 430 g/mol. The Bertz CT molecular complexity index is 1370. The molecule has 32 heavy (non-hydrogen) atoms. The lowest BCUT2D eigenvalue weighted by Gasteiger charge is -2.05. The molecule has 0 radical (unpaired) electrons. The van der Waals surface area contributed by atoms with Gasteiger partial charge in [-0.2, -0.15) is 0 Å². The SMILES string of the molecule is C=CCCc1ccc(-c2ccc(C#Cc3ccc4c(F)c(F)c(F)cc4c3)c(F)c2)cc1. The van der Waals surface area contributed by atoms with E-state index in [0.29, 0.717) is 5.56 Å². The Labute approximate surface area is 183 Å². The van der Waals surface area contributed by atoms with Crippen LogP contribution in [0.25, 0.3) is 21.9 Å². The van der Waals surface area contributed by atoms with Gasteiger partial charge in [0.2, 0.25) is 0 Å². The monoisotopic (exact) mass is 430 g/mol. The number of rotatable bonds is 4. The van der Waals surface area contributed by atoms with Gasteiger partial charge >= 0.3 is 0 Å². The van der Waals surface area contributed by atoms with Crippen molar-refractivity contribution in [3.63, 3.8) is 0 Å². The minimum atomic E-state index is -1.51. The van der Waals surface area contributed by atoms with Gasteiger partial charge in [-0.1, -0.05) is 54.3 Å². The summed E-state index contributed by atoms with van der Waals surface area (Å²) in [6.07, 6.45) is 3.69. The molecule has 0 unspecified atom stereocenters. The number of aryl methyl sites for hydroxylation is 1. The van der Waals surface area contributed by atoms with Gasteiger partial charge in [0.15, 0.2) is 17.5 Å². The second-order valence-corrected chi connectivity index (χ2v) is 7.39. The Balaban J connectivity index is 1.59. The molecule has 4 rings (SSSR count). The van der Waals surface area contributed by atoms with Crippen molar-refractivity contribution in [3.8, 4) is 23.0 Å². The highest BCUT2D eigenvalue weighted by Crippen LogP contribution is 2.25. The predicted molar refractivity (Wildman–Crippen MR) is 120 cm³/mol. The van der Waals surface area contributed by atoms with E-state index in [4.69, 9.17) is 0 Å². The molecule has 0 nitrogen and oxygen atoms in total. The highest BCUT2D eigenvalue weighted by molar-refractivity contribution is 5.84. The van der Waals surface area contributed by atoms with Crippen LogP contribution in [-0.2, 0) is 6.42 Å². The summed E-state index contributed by atoms with van der Waals surface area (Å²) < 4.78 is 55.3. The summed E-state index contributed by atoms with van der Waals surface area (Å²) in [5, 5.41) is 0.140. The van der Waals surface area contributed by atoms with Crippen molar-refractivity contribution < 1.29 is 17.6 Å². The van der Waals surface area contributed by atoms with Gasteiger partial charge in [-0.25, -0.2) is 17.6 Å². The lowest BCUT2D eigenvalue weighted by molar-refractivity contribution is 0.453. The number of benzene rings is 4. The Morgan fingerprint density at radius 1 is 0.719 bits per heavy atom. The minimum Gasteiger partial charge on any atom is -0.206 e. The zero-order chi connectivity index (χ0) is 22.7. The molecule has 0 spiro atoms. The van der Waals surface area contributed by atoms with E-state index in [-0.39, 0.29) is 16.3 Å². The lowest BCUT2D eigenvalue weighted by atomic mass is 10.0. The van der Waals surface area contributed by atoms with Crippen molar-refractivity contribution >= 4 is 10.8 Å². The van der Waals surface area contributed by atoms with Crippen molar-refractivity contribution in [1.82, 2.24) is 0 Å². The van der Waals surface area contributed by atoms with Crippen molar-refractivity contribution in [2.75, 3.05) is 0 Å². The van der Waals surface area contributed by atoms with Crippen molar-refractivity contribution in [3.05, 3.63) is 119 Å². The summed E-state index contributed by atoms with van der Waals surface area (Å²) in [5.74, 6) is 1.06. The van der Waals surface area contributed by atoms with Crippen LogP contribution in [0, 0.1) is 35.1 Å². The molecule has 0 aliphatic heterocycles. The molecule has 0 aromatic heterocycles. The van der Waals surface area contributed by atoms with Crippen molar-refractivity contribution in [2.45, 2.75) is 12.8 Å². The smallest absolute Gasteiger partial charge is 0.195 e. The van der Waals surface area contributed by atoms with Crippen LogP contribution in [0.5, 0.6) is 0 Å². The summed E-state index contributed by atoms with van der Waals surface area (Å²) in [7, 11) is 0. The number of fused-ring (bicyclic) bond motifs is 1. The molecule has 0 aliphatic carbocycles. The highest BCUT2D eigenvalue weighted by Gasteiger charge is 2.13. The third kappa shape index (κ3) is 4.43. The Morgan fingerprint density at radius 3 is 2.19 bits per heavy atom. The lowest BCUT2D eigenvalue weighted by Crippen LogP contribution is -1.92. The van der Waals surface area contributed by atoms with Crippen LogP contribution in [0.1, 0.15) is 23.1 Å². The summed E-state index contributed by atoms with van der Waals surface area (Å²) in [6, 6.07) is 17.9. The summed E-state index contributed by atoms with van der Waals surface area (Å²) in [4.78, 5) is 0. The first-order valence-corrected chi connectivity index (χ1v) is 10.1. The first kappa shape index (κ1) is 21.4. The molecule has 0 amide bonds. The molecule has 158 valence electrons. The maximum atomic E-state index is 14.6. The number of hydrogen-bond acceptors (Lipinski definition) is 0. The largest absolute Gasteiger partial charge is 0.206 e. The van der Waals surface area contributed by atoms with E-state index in [1.807, 2.05) is 30.3 Å². The van der Waals surface area contributed by atoms with E-state index in [1.54, 1.807) is 12.1 Å². The molecule has 0 atom stereocenters. The van der Waals surface area contributed by atoms with Gasteiger partial charge in [-0.15, -0.1) is 6.58 Å². The van der Waals surface area contributed by atoms with Crippen molar-refractivity contribution in [1.29, 1.82) is 0 Å². The van der Waals surface area contributed by atoms with E-state index in [2.05, 4.69) is 18.4 Å². The second-order valence-electron chi connectivity index (χ2n) is 7.39. The molecule has 0 saturated carbocycles. The van der Waals surface area contributed by atoms with E-state index in [1.165, 1.54) is 29.8 Å². The molecular formula is C28H18F4. The van der Waals surface area contributed by atoms with Gasteiger partial charge in [-0.3, -0.25) is 0 Å². The summed E-state index contributed by atoms with van der Waals surface area (Å²) in [6.45, 7) is 3.72. The van der Waals surface area contributed by atoms with Crippen LogP contribution in [0.15, 0.2) is 79.4 Å². The standard InChI is InChI=1S/C28H18F4/c1-2-3-4-18-5-9-20(10-6-18)22-13-12-21(25(29)16-22)11-7-19-8-14-24-23(15-19)17-26(30)28(32)27(24)31/h2,5-6,8-10,12-17H,1,3-4H2. The zero-order valence-electron chi connectivity index (χ0n) is 17.1. The average Bonchev–Trinajstić information content (AvgIpc) is 2.80. The number of halogens is 4. The van der Waals surface area contributed by atoms with Gasteiger partial charge in [0.25, 0.3) is 0 Å². The quantitative estimate of drug-likeness (QED) is 0.135. The molecule has 0 saturated heterocycles. The molecule has 0 bridgehead atoms. The van der Waals surface area contributed by atoms with E-state index in [0.717, 1.165) is 30.0 Å². The molecule has 0 heterocycles. The zero-order valence-corrected chi connectivity index (χ0v) is 17.1. The molecular weight excluding hydrogens is 412 g/mol. The van der Waals surface area contributed by atoms with Crippen LogP contribution in [-0.4, -0.2) is 0 Å². The molecule has 0 fully saturated rings. The van der Waals surface area contributed by atoms with E-state index < -0.39 is 23.3 Å². The maximum Gasteiger partial charge on any atom is 0.195 e. The van der Waals surface area contributed by atoms with Gasteiger partial charge in [0.1, 0.15) is 5.82 Å². The fourth-order valence-electron chi connectivity index (χ4n) is 3.45. The fraction of sp³-hybridized carbons (Fsp3) is 0.0714. The minimum absolute atomic E-state index is 0.0412. The molecule has 4 aromatic carbocycles. The van der Waals surface area contributed by atoms with Gasteiger partial charge < -0.3 is 0 Å². The van der Waals surface area contributed by atoms with E-state index in [9.17, 15) is 17.6 Å². The van der Waals surface area contributed by atoms with Crippen LogP contribution >= 0.6 is 0 Å². The Morgan fingerprint density at radius 2 is 1.47 bits per heavy atom. The van der Waals surface area contributed by atoms with Crippen LogP contribution in [0.2, 0.25) is 0 Å². The first-order valence-electron chi connectivity index (χ1n) is 10.1. The van der Waals surface area contributed by atoms with Crippen molar-refractivity contribution in [2.24, 2.45) is 0 Å².